The van der Waals surface area contributed by atoms with Gasteiger partial charge in [-0.2, -0.15) is 0 Å². The van der Waals surface area contributed by atoms with Gasteiger partial charge in [0, 0.05) is 18.7 Å². The molecule has 0 N–H and O–H groups in total. The van der Waals surface area contributed by atoms with Crippen LogP contribution in [0.4, 0.5) is 0 Å². The van der Waals surface area contributed by atoms with E-state index in [1.807, 2.05) is 11.0 Å². The van der Waals surface area contributed by atoms with Crippen LogP contribution < -0.4 is 0 Å². The van der Waals surface area contributed by atoms with Gasteiger partial charge in [0.05, 0.1) is 0 Å². The van der Waals surface area contributed by atoms with Crippen LogP contribution in [0.3, 0.4) is 0 Å². The third kappa shape index (κ3) is 2.08. The van der Waals surface area contributed by atoms with Gasteiger partial charge in [-0.25, -0.2) is 0 Å². The number of hydrogen-bond donors (Lipinski definition) is 0. The highest BCUT2D eigenvalue weighted by atomic mass is 16.2. The molecule has 1 amide bonds. The summed E-state index contributed by atoms with van der Waals surface area (Å²) >= 11 is 0. The Hall–Kier alpha value is -1.31. The van der Waals surface area contributed by atoms with Crippen LogP contribution in [0.1, 0.15) is 47.2 Å². The maximum absolute atomic E-state index is 12.3. The lowest BCUT2D eigenvalue weighted by Gasteiger charge is -2.19. The van der Waals surface area contributed by atoms with E-state index in [-0.39, 0.29) is 5.91 Å². The number of aryl methyl sites for hydroxylation is 2. The average Bonchev–Trinajstić information content (AvgIpc) is 2.91. The minimum absolute atomic E-state index is 0.232. The molecule has 2 nitrogen and oxygen atoms in total. The Morgan fingerprint density at radius 1 is 0.941 bits per heavy atom. The molecule has 0 saturated carbocycles. The molecular weight excluding hydrogens is 210 g/mol. The molecule has 1 aromatic rings. The number of carbonyl (C=O) groups excluding carboxylic acids is 1. The topological polar surface area (TPSA) is 20.3 Å². The number of likely N-dealkylation sites (tertiary alicyclic amines) is 1. The molecular formula is C15H19NO. The third-order valence-corrected chi connectivity index (χ3v) is 3.99. The fraction of sp³-hybridized carbons (Fsp3) is 0.533. The number of carbonyl (C=O) groups is 1. The smallest absolute Gasteiger partial charge is 0.253 e. The van der Waals surface area contributed by atoms with Crippen molar-refractivity contribution in [3.05, 3.63) is 34.9 Å². The minimum atomic E-state index is 0.232. The number of amides is 1. The fourth-order valence-corrected chi connectivity index (χ4v) is 2.97. The summed E-state index contributed by atoms with van der Waals surface area (Å²) in [6.07, 6.45) is 7.23. The first-order chi connectivity index (χ1) is 8.34. The van der Waals surface area contributed by atoms with Gasteiger partial charge < -0.3 is 4.90 Å². The fourth-order valence-electron chi connectivity index (χ4n) is 2.97. The Morgan fingerprint density at radius 3 is 2.41 bits per heavy atom. The molecule has 1 heterocycles. The van der Waals surface area contributed by atoms with Crippen molar-refractivity contribution >= 4 is 5.91 Å². The molecule has 1 aliphatic carbocycles. The maximum Gasteiger partial charge on any atom is 0.253 e. The molecule has 2 aliphatic rings. The van der Waals surface area contributed by atoms with Crippen LogP contribution in [0, 0.1) is 0 Å². The van der Waals surface area contributed by atoms with Crippen LogP contribution in [0.5, 0.6) is 0 Å². The Morgan fingerprint density at radius 2 is 1.65 bits per heavy atom. The van der Waals surface area contributed by atoms with Crippen LogP contribution >= 0.6 is 0 Å². The molecule has 0 bridgehead atoms. The van der Waals surface area contributed by atoms with Crippen molar-refractivity contribution in [3.63, 3.8) is 0 Å². The van der Waals surface area contributed by atoms with E-state index in [4.69, 9.17) is 0 Å². The number of fused-ring (bicyclic) bond motifs is 1. The number of nitrogens with zero attached hydrogens (tertiary/aromatic N) is 1. The van der Waals surface area contributed by atoms with Crippen LogP contribution in [-0.4, -0.2) is 23.9 Å². The molecule has 0 atom stereocenters. The first-order valence-electron chi connectivity index (χ1n) is 6.76. The molecule has 17 heavy (non-hydrogen) atoms. The van der Waals surface area contributed by atoms with Gasteiger partial charge in [0.15, 0.2) is 0 Å². The van der Waals surface area contributed by atoms with Crippen LogP contribution in [0.15, 0.2) is 18.2 Å². The first-order valence-corrected chi connectivity index (χ1v) is 6.76. The van der Waals surface area contributed by atoms with Crippen molar-refractivity contribution < 1.29 is 4.79 Å². The van der Waals surface area contributed by atoms with Crippen LogP contribution in [-0.2, 0) is 12.8 Å². The predicted molar refractivity (Wildman–Crippen MR) is 68.2 cm³/mol. The number of benzene rings is 1. The zero-order valence-corrected chi connectivity index (χ0v) is 10.2. The summed E-state index contributed by atoms with van der Waals surface area (Å²) in [4.78, 5) is 14.2. The Balaban J connectivity index is 1.85. The van der Waals surface area contributed by atoms with Crippen LogP contribution in [0.2, 0.25) is 0 Å². The molecule has 90 valence electrons. The maximum atomic E-state index is 12.3. The highest BCUT2D eigenvalue weighted by molar-refractivity contribution is 5.94. The van der Waals surface area contributed by atoms with E-state index in [9.17, 15) is 4.79 Å². The SMILES string of the molecule is O=C(c1ccc2c(c1)CCCC2)N1CCCC1. The van der Waals surface area contributed by atoms with Crippen molar-refractivity contribution in [1.29, 1.82) is 0 Å². The van der Waals surface area contributed by atoms with E-state index in [0.29, 0.717) is 0 Å². The van der Waals surface area contributed by atoms with Crippen molar-refractivity contribution in [2.75, 3.05) is 13.1 Å². The summed E-state index contributed by atoms with van der Waals surface area (Å²) in [6.45, 7) is 1.88. The third-order valence-electron chi connectivity index (χ3n) is 3.99. The number of rotatable bonds is 1. The standard InChI is InChI=1S/C15H19NO/c17-15(16-9-3-4-10-16)14-8-7-12-5-1-2-6-13(12)11-14/h7-8,11H,1-6,9-10H2. The summed E-state index contributed by atoms with van der Waals surface area (Å²) in [5.41, 5.74) is 3.75. The molecule has 1 aliphatic heterocycles. The summed E-state index contributed by atoms with van der Waals surface area (Å²) in [5, 5.41) is 0. The molecule has 0 spiro atoms. The highest BCUT2D eigenvalue weighted by Crippen LogP contribution is 2.23. The van der Waals surface area contributed by atoms with Gasteiger partial charge in [-0.05, 0) is 61.8 Å². The Labute approximate surface area is 103 Å². The van der Waals surface area contributed by atoms with E-state index >= 15 is 0 Å². The second-order valence-corrected chi connectivity index (χ2v) is 5.19. The van der Waals surface area contributed by atoms with Gasteiger partial charge in [0.1, 0.15) is 0 Å². The summed E-state index contributed by atoms with van der Waals surface area (Å²) in [5.74, 6) is 0.232. The highest BCUT2D eigenvalue weighted by Gasteiger charge is 2.20. The Bertz CT molecular complexity index is 433. The molecule has 0 aromatic heterocycles. The van der Waals surface area contributed by atoms with Gasteiger partial charge in [0.25, 0.3) is 5.91 Å². The van der Waals surface area contributed by atoms with E-state index in [2.05, 4.69) is 12.1 Å². The molecule has 0 unspecified atom stereocenters. The van der Waals surface area contributed by atoms with Gasteiger partial charge in [-0.3, -0.25) is 4.79 Å². The lowest BCUT2D eigenvalue weighted by atomic mass is 9.90. The predicted octanol–water partition coefficient (Wildman–Crippen LogP) is 2.80. The average molecular weight is 229 g/mol. The summed E-state index contributed by atoms with van der Waals surface area (Å²) < 4.78 is 0. The second kappa shape index (κ2) is 4.52. The molecule has 1 saturated heterocycles. The molecule has 1 aromatic carbocycles. The lowest BCUT2D eigenvalue weighted by Crippen LogP contribution is -2.27. The normalized spacial score (nSPS) is 19.2. The van der Waals surface area contributed by atoms with E-state index in [1.54, 1.807) is 0 Å². The van der Waals surface area contributed by atoms with Gasteiger partial charge in [-0.15, -0.1) is 0 Å². The first kappa shape index (κ1) is 10.8. The molecule has 2 heteroatoms. The lowest BCUT2D eigenvalue weighted by molar-refractivity contribution is 0.0792. The zero-order chi connectivity index (χ0) is 11.7. The van der Waals surface area contributed by atoms with Gasteiger partial charge in [0.2, 0.25) is 0 Å². The molecule has 3 rings (SSSR count). The summed E-state index contributed by atoms with van der Waals surface area (Å²) in [7, 11) is 0. The number of hydrogen-bond acceptors (Lipinski definition) is 1. The zero-order valence-electron chi connectivity index (χ0n) is 10.2. The molecule has 0 radical (unpaired) electrons. The summed E-state index contributed by atoms with van der Waals surface area (Å²) in [6, 6.07) is 6.32. The minimum Gasteiger partial charge on any atom is -0.339 e. The van der Waals surface area contributed by atoms with Crippen molar-refractivity contribution in [1.82, 2.24) is 4.90 Å². The van der Waals surface area contributed by atoms with Crippen molar-refractivity contribution in [2.45, 2.75) is 38.5 Å². The van der Waals surface area contributed by atoms with E-state index in [0.717, 1.165) is 37.9 Å². The Kier molecular flexibility index (Phi) is 2.87. The van der Waals surface area contributed by atoms with E-state index < -0.39 is 0 Å². The largest absolute Gasteiger partial charge is 0.339 e. The van der Waals surface area contributed by atoms with Gasteiger partial charge >= 0.3 is 0 Å². The van der Waals surface area contributed by atoms with Crippen molar-refractivity contribution in [3.8, 4) is 0 Å². The monoisotopic (exact) mass is 229 g/mol. The van der Waals surface area contributed by atoms with Crippen molar-refractivity contribution in [2.24, 2.45) is 0 Å². The van der Waals surface area contributed by atoms with Gasteiger partial charge in [-0.1, -0.05) is 6.07 Å². The van der Waals surface area contributed by atoms with E-state index in [1.165, 1.54) is 30.4 Å². The second-order valence-electron chi connectivity index (χ2n) is 5.19. The molecule has 1 fully saturated rings. The van der Waals surface area contributed by atoms with Crippen LogP contribution in [0.25, 0.3) is 0 Å². The quantitative estimate of drug-likeness (QED) is 0.725.